The quantitative estimate of drug-likeness (QED) is 0.909. The Morgan fingerprint density at radius 2 is 2.05 bits per heavy atom. The Balaban J connectivity index is 1.54. The van der Waals surface area contributed by atoms with Crippen LogP contribution in [0.25, 0.3) is 0 Å². The molecule has 1 saturated carbocycles. The van der Waals surface area contributed by atoms with Crippen molar-refractivity contribution in [2.45, 2.75) is 58.4 Å². The molecular formula is C15H24N4O2. The number of likely N-dealkylation sites (tertiary alicyclic amines) is 1. The van der Waals surface area contributed by atoms with Crippen molar-refractivity contribution in [1.29, 1.82) is 0 Å². The van der Waals surface area contributed by atoms with Gasteiger partial charge in [-0.2, -0.15) is 4.98 Å². The van der Waals surface area contributed by atoms with Crippen LogP contribution >= 0.6 is 0 Å². The first-order valence-corrected chi connectivity index (χ1v) is 7.99. The molecule has 1 aromatic heterocycles. The molecule has 3 rings (SSSR count). The molecule has 6 nitrogen and oxygen atoms in total. The molecule has 1 saturated heterocycles. The fourth-order valence-corrected chi connectivity index (χ4v) is 3.77. The number of nitrogens with zero attached hydrogens (tertiary/aromatic N) is 3. The third-order valence-electron chi connectivity index (χ3n) is 4.83. The predicted octanol–water partition coefficient (Wildman–Crippen LogP) is 2.63. The van der Waals surface area contributed by atoms with Crippen LogP contribution in [0.5, 0.6) is 0 Å². The van der Waals surface area contributed by atoms with Gasteiger partial charge in [0.25, 0.3) is 0 Å². The standard InChI is InChI=1S/C15H24N4O2/c1-12-17-13(18-21-12)10-16-14(20)19-9-5-8-15(11-19)6-3-2-4-7-15/h2-11H2,1H3,(H,16,20). The summed E-state index contributed by atoms with van der Waals surface area (Å²) >= 11 is 0. The van der Waals surface area contributed by atoms with Crippen molar-refractivity contribution < 1.29 is 9.32 Å². The SMILES string of the molecule is Cc1nc(CNC(=O)N2CCCC3(CCCCC3)C2)no1. The highest BCUT2D eigenvalue weighted by Crippen LogP contribution is 2.43. The summed E-state index contributed by atoms with van der Waals surface area (Å²) in [6.45, 7) is 3.85. The van der Waals surface area contributed by atoms with Gasteiger partial charge in [0.1, 0.15) is 0 Å². The molecule has 0 atom stereocenters. The Bertz CT molecular complexity index is 488. The summed E-state index contributed by atoms with van der Waals surface area (Å²) in [5, 5.41) is 6.70. The first-order valence-electron chi connectivity index (χ1n) is 7.99. The van der Waals surface area contributed by atoms with Gasteiger partial charge in [0.05, 0.1) is 6.54 Å². The van der Waals surface area contributed by atoms with Gasteiger partial charge in [-0.25, -0.2) is 4.79 Å². The number of nitrogens with one attached hydrogen (secondary N) is 1. The van der Waals surface area contributed by atoms with Crippen molar-refractivity contribution in [3.63, 3.8) is 0 Å². The van der Waals surface area contributed by atoms with Crippen LogP contribution in [-0.2, 0) is 6.54 Å². The summed E-state index contributed by atoms with van der Waals surface area (Å²) in [6.07, 6.45) is 8.94. The second-order valence-electron chi connectivity index (χ2n) is 6.47. The van der Waals surface area contributed by atoms with E-state index in [1.165, 1.54) is 38.5 Å². The molecule has 2 heterocycles. The number of amides is 2. The van der Waals surface area contributed by atoms with Gasteiger partial charge in [0.15, 0.2) is 5.82 Å². The molecule has 0 radical (unpaired) electrons. The maximum atomic E-state index is 12.3. The molecule has 2 amide bonds. The lowest BCUT2D eigenvalue weighted by Gasteiger charge is -2.45. The van der Waals surface area contributed by atoms with E-state index in [-0.39, 0.29) is 6.03 Å². The number of hydrogen-bond acceptors (Lipinski definition) is 4. The number of aryl methyl sites for hydroxylation is 1. The van der Waals surface area contributed by atoms with Gasteiger partial charge in [-0.3, -0.25) is 0 Å². The zero-order chi connectivity index (χ0) is 14.7. The number of hydrogen-bond donors (Lipinski definition) is 1. The fraction of sp³-hybridized carbons (Fsp3) is 0.800. The Hall–Kier alpha value is -1.59. The van der Waals surface area contributed by atoms with E-state index >= 15 is 0 Å². The Kier molecular flexibility index (Phi) is 4.12. The van der Waals surface area contributed by atoms with Gasteiger partial charge < -0.3 is 14.7 Å². The van der Waals surface area contributed by atoms with E-state index in [1.807, 2.05) is 4.90 Å². The van der Waals surface area contributed by atoms with E-state index in [0.717, 1.165) is 19.5 Å². The van der Waals surface area contributed by atoms with E-state index in [1.54, 1.807) is 6.92 Å². The summed E-state index contributed by atoms with van der Waals surface area (Å²) in [5.74, 6) is 1.06. The molecule has 0 unspecified atom stereocenters. The topological polar surface area (TPSA) is 71.3 Å². The minimum Gasteiger partial charge on any atom is -0.340 e. The smallest absolute Gasteiger partial charge is 0.317 e. The van der Waals surface area contributed by atoms with Crippen molar-refractivity contribution in [3.05, 3.63) is 11.7 Å². The van der Waals surface area contributed by atoms with Crippen molar-refractivity contribution >= 4 is 6.03 Å². The van der Waals surface area contributed by atoms with E-state index < -0.39 is 0 Å². The van der Waals surface area contributed by atoms with Crippen molar-refractivity contribution in [3.8, 4) is 0 Å². The summed E-state index contributed by atoms with van der Waals surface area (Å²) in [7, 11) is 0. The minimum absolute atomic E-state index is 0.00195. The molecular weight excluding hydrogens is 268 g/mol. The van der Waals surface area contributed by atoms with Crippen LogP contribution in [0, 0.1) is 12.3 Å². The van der Waals surface area contributed by atoms with Crippen LogP contribution in [0.1, 0.15) is 56.7 Å². The predicted molar refractivity (Wildman–Crippen MR) is 77.6 cm³/mol. The number of urea groups is 1. The van der Waals surface area contributed by atoms with Crippen LogP contribution in [-0.4, -0.2) is 34.2 Å². The monoisotopic (exact) mass is 292 g/mol. The highest BCUT2D eigenvalue weighted by Gasteiger charge is 2.37. The van der Waals surface area contributed by atoms with Crippen molar-refractivity contribution in [2.24, 2.45) is 5.41 Å². The molecule has 2 fully saturated rings. The van der Waals surface area contributed by atoms with E-state index in [0.29, 0.717) is 23.7 Å². The van der Waals surface area contributed by atoms with Crippen LogP contribution in [0.2, 0.25) is 0 Å². The number of carbonyl (C=O) groups is 1. The van der Waals surface area contributed by atoms with Gasteiger partial charge >= 0.3 is 6.03 Å². The molecule has 0 bridgehead atoms. The van der Waals surface area contributed by atoms with Gasteiger partial charge in [0, 0.05) is 20.0 Å². The molecule has 2 aliphatic rings. The molecule has 1 aliphatic heterocycles. The number of aromatic nitrogens is 2. The van der Waals surface area contributed by atoms with Crippen LogP contribution in [0.15, 0.2) is 4.52 Å². The lowest BCUT2D eigenvalue weighted by Crippen LogP contribution is -2.50. The molecule has 1 spiro atoms. The van der Waals surface area contributed by atoms with E-state index in [2.05, 4.69) is 15.5 Å². The van der Waals surface area contributed by atoms with E-state index in [4.69, 9.17) is 4.52 Å². The summed E-state index contributed by atoms with van der Waals surface area (Å²) in [4.78, 5) is 18.4. The van der Waals surface area contributed by atoms with Crippen LogP contribution in [0.4, 0.5) is 4.79 Å². The third kappa shape index (κ3) is 3.36. The Labute approximate surface area is 125 Å². The maximum Gasteiger partial charge on any atom is 0.317 e. The summed E-state index contributed by atoms with van der Waals surface area (Å²) in [5.41, 5.74) is 0.385. The van der Waals surface area contributed by atoms with Crippen molar-refractivity contribution in [1.82, 2.24) is 20.4 Å². The number of rotatable bonds is 2. The molecule has 0 aromatic carbocycles. The average Bonchev–Trinajstić information content (AvgIpc) is 2.91. The highest BCUT2D eigenvalue weighted by atomic mass is 16.5. The van der Waals surface area contributed by atoms with E-state index in [9.17, 15) is 4.79 Å². The molecule has 1 aliphatic carbocycles. The fourth-order valence-electron chi connectivity index (χ4n) is 3.77. The van der Waals surface area contributed by atoms with Crippen molar-refractivity contribution in [2.75, 3.05) is 13.1 Å². The average molecular weight is 292 g/mol. The van der Waals surface area contributed by atoms with Gasteiger partial charge in [-0.05, 0) is 31.1 Å². The molecule has 6 heteroatoms. The molecule has 116 valence electrons. The number of piperidine rings is 1. The Morgan fingerprint density at radius 3 is 2.76 bits per heavy atom. The lowest BCUT2D eigenvalue weighted by molar-refractivity contribution is 0.0705. The summed E-state index contributed by atoms with van der Waals surface area (Å²) in [6, 6.07) is 0.00195. The molecule has 1 N–H and O–H groups in total. The lowest BCUT2D eigenvalue weighted by atomic mass is 9.69. The van der Waals surface area contributed by atoms with Gasteiger partial charge in [-0.1, -0.05) is 24.4 Å². The second kappa shape index (κ2) is 6.03. The van der Waals surface area contributed by atoms with Gasteiger partial charge in [0.2, 0.25) is 5.89 Å². The Morgan fingerprint density at radius 1 is 1.29 bits per heavy atom. The first kappa shape index (κ1) is 14.4. The van der Waals surface area contributed by atoms with Crippen LogP contribution < -0.4 is 5.32 Å². The third-order valence-corrected chi connectivity index (χ3v) is 4.83. The maximum absolute atomic E-state index is 12.3. The van der Waals surface area contributed by atoms with Gasteiger partial charge in [-0.15, -0.1) is 0 Å². The molecule has 21 heavy (non-hydrogen) atoms. The van der Waals surface area contributed by atoms with Crippen LogP contribution in [0.3, 0.4) is 0 Å². The zero-order valence-corrected chi connectivity index (χ0v) is 12.7. The number of carbonyl (C=O) groups excluding carboxylic acids is 1. The normalized spacial score (nSPS) is 21.5. The first-order chi connectivity index (χ1) is 10.2. The second-order valence-corrected chi connectivity index (χ2v) is 6.47. The summed E-state index contributed by atoms with van der Waals surface area (Å²) < 4.78 is 4.91. The minimum atomic E-state index is 0.00195. The molecule has 1 aromatic rings. The zero-order valence-electron chi connectivity index (χ0n) is 12.7. The highest BCUT2D eigenvalue weighted by molar-refractivity contribution is 5.74. The largest absolute Gasteiger partial charge is 0.340 e.